The van der Waals surface area contributed by atoms with Crippen LogP contribution >= 0.6 is 15.9 Å². The highest BCUT2D eigenvalue weighted by molar-refractivity contribution is 9.10. The van der Waals surface area contributed by atoms with E-state index in [0.29, 0.717) is 4.47 Å². The Morgan fingerprint density at radius 1 is 1.53 bits per heavy atom. The Kier molecular flexibility index (Phi) is 2.95. The number of nitrogens with zero attached hydrogens (tertiary/aromatic N) is 1. The summed E-state index contributed by atoms with van der Waals surface area (Å²) in [5, 5.41) is 9.87. The number of alkyl halides is 2. The molecule has 3 N–H and O–H groups in total. The van der Waals surface area contributed by atoms with Crippen LogP contribution in [0.25, 0.3) is 0 Å². The lowest BCUT2D eigenvalue weighted by Gasteiger charge is -2.34. The van der Waals surface area contributed by atoms with Crippen LogP contribution in [0.5, 0.6) is 0 Å². The molecule has 1 atom stereocenters. The van der Waals surface area contributed by atoms with Crippen LogP contribution in [0.3, 0.4) is 0 Å². The third kappa shape index (κ3) is 1.86. The standard InChI is InChI=1S/C10H10BrF3N2O/c11-5-3-6(7(12)16-4-5)10(15,8(13)14)9(17)1-2-9/h3-4,8,17H,1-2,15H2. The zero-order chi connectivity index (χ0) is 12.8. The van der Waals surface area contributed by atoms with Gasteiger partial charge in [-0.1, -0.05) is 0 Å². The predicted octanol–water partition coefficient (Wildman–Crippen LogP) is 1.93. The van der Waals surface area contributed by atoms with Gasteiger partial charge in [-0.3, -0.25) is 0 Å². The largest absolute Gasteiger partial charge is 0.387 e. The molecule has 0 amide bonds. The minimum Gasteiger partial charge on any atom is -0.387 e. The number of aromatic nitrogens is 1. The van der Waals surface area contributed by atoms with Crippen molar-refractivity contribution in [3.8, 4) is 0 Å². The Labute approximate surface area is 104 Å². The van der Waals surface area contributed by atoms with E-state index in [4.69, 9.17) is 5.73 Å². The second-order valence-corrected chi connectivity index (χ2v) is 5.11. The highest BCUT2D eigenvalue weighted by Gasteiger charge is 2.63. The van der Waals surface area contributed by atoms with Gasteiger partial charge in [0.25, 0.3) is 6.43 Å². The molecule has 0 saturated heterocycles. The van der Waals surface area contributed by atoms with Crippen molar-refractivity contribution in [1.82, 2.24) is 4.98 Å². The second-order valence-electron chi connectivity index (χ2n) is 4.19. The van der Waals surface area contributed by atoms with Crippen LogP contribution in [0.15, 0.2) is 16.7 Å². The summed E-state index contributed by atoms with van der Waals surface area (Å²) in [5.41, 5.74) is 0.918. The Morgan fingerprint density at radius 2 is 2.12 bits per heavy atom. The van der Waals surface area contributed by atoms with Gasteiger partial charge >= 0.3 is 0 Å². The lowest BCUT2D eigenvalue weighted by atomic mass is 9.84. The van der Waals surface area contributed by atoms with Gasteiger partial charge < -0.3 is 10.8 Å². The maximum atomic E-state index is 13.5. The molecular formula is C10H10BrF3N2O. The first kappa shape index (κ1) is 12.8. The van der Waals surface area contributed by atoms with Gasteiger partial charge in [-0.05, 0) is 34.8 Å². The summed E-state index contributed by atoms with van der Waals surface area (Å²) < 4.78 is 40.1. The monoisotopic (exact) mass is 310 g/mol. The molecule has 1 unspecified atom stereocenters. The summed E-state index contributed by atoms with van der Waals surface area (Å²) in [6.07, 6.45) is -1.69. The van der Waals surface area contributed by atoms with Crippen molar-refractivity contribution in [3.05, 3.63) is 28.2 Å². The van der Waals surface area contributed by atoms with E-state index in [9.17, 15) is 18.3 Å². The first-order chi connectivity index (χ1) is 7.81. The van der Waals surface area contributed by atoms with E-state index in [0.717, 1.165) is 12.3 Å². The van der Waals surface area contributed by atoms with E-state index in [1.165, 1.54) is 0 Å². The molecule has 1 fully saturated rings. The molecule has 94 valence electrons. The molecule has 0 bridgehead atoms. The molecule has 17 heavy (non-hydrogen) atoms. The fraction of sp³-hybridized carbons (Fsp3) is 0.500. The Bertz CT molecular complexity index is 453. The summed E-state index contributed by atoms with van der Waals surface area (Å²) in [7, 11) is 0. The fourth-order valence-electron chi connectivity index (χ4n) is 1.82. The smallest absolute Gasteiger partial charge is 0.263 e. The number of aliphatic hydroxyl groups is 1. The molecule has 1 aliphatic rings. The minimum absolute atomic E-state index is 0.125. The van der Waals surface area contributed by atoms with Crippen molar-refractivity contribution in [3.63, 3.8) is 0 Å². The normalized spacial score (nSPS) is 21.4. The summed E-state index contributed by atoms with van der Waals surface area (Å²) in [6, 6.07) is 1.13. The number of rotatable bonds is 3. The van der Waals surface area contributed by atoms with Crippen LogP contribution < -0.4 is 5.73 Å². The van der Waals surface area contributed by atoms with Gasteiger partial charge in [0.05, 0.1) is 5.60 Å². The van der Waals surface area contributed by atoms with E-state index < -0.39 is 29.1 Å². The zero-order valence-electron chi connectivity index (χ0n) is 8.63. The van der Waals surface area contributed by atoms with Gasteiger partial charge in [0.1, 0.15) is 5.54 Å². The SMILES string of the molecule is NC(c1cc(Br)cnc1F)(C(F)F)C1(O)CC1. The minimum atomic E-state index is -3.08. The van der Waals surface area contributed by atoms with E-state index in [2.05, 4.69) is 20.9 Å². The maximum absolute atomic E-state index is 13.5. The average molecular weight is 311 g/mol. The van der Waals surface area contributed by atoms with Crippen LogP contribution in [0.1, 0.15) is 18.4 Å². The molecule has 7 heteroatoms. The summed E-state index contributed by atoms with van der Waals surface area (Å²) in [5.74, 6) is -1.09. The van der Waals surface area contributed by atoms with Crippen LogP contribution in [0, 0.1) is 5.95 Å². The lowest BCUT2D eigenvalue weighted by molar-refractivity contribution is -0.0515. The Morgan fingerprint density at radius 3 is 2.59 bits per heavy atom. The predicted molar refractivity (Wildman–Crippen MR) is 57.9 cm³/mol. The Hall–Kier alpha value is -0.660. The van der Waals surface area contributed by atoms with Crippen LogP contribution in [0.4, 0.5) is 13.2 Å². The molecule has 2 rings (SSSR count). The third-order valence-corrected chi connectivity index (χ3v) is 3.52. The van der Waals surface area contributed by atoms with Gasteiger partial charge in [-0.25, -0.2) is 13.8 Å². The fourth-order valence-corrected chi connectivity index (χ4v) is 2.15. The van der Waals surface area contributed by atoms with Crippen molar-refractivity contribution in [1.29, 1.82) is 0 Å². The van der Waals surface area contributed by atoms with Crippen molar-refractivity contribution >= 4 is 15.9 Å². The Balaban J connectivity index is 2.57. The van der Waals surface area contributed by atoms with Gasteiger partial charge in [-0.2, -0.15) is 4.39 Å². The third-order valence-electron chi connectivity index (χ3n) is 3.09. The van der Waals surface area contributed by atoms with Gasteiger partial charge in [0, 0.05) is 16.2 Å². The van der Waals surface area contributed by atoms with Gasteiger partial charge in [0.15, 0.2) is 0 Å². The van der Waals surface area contributed by atoms with Crippen molar-refractivity contribution in [2.45, 2.75) is 30.4 Å². The van der Waals surface area contributed by atoms with E-state index >= 15 is 0 Å². The van der Waals surface area contributed by atoms with Gasteiger partial charge in [0.2, 0.25) is 5.95 Å². The summed E-state index contributed by atoms with van der Waals surface area (Å²) in [6.45, 7) is 0. The quantitative estimate of drug-likeness (QED) is 0.839. The van der Waals surface area contributed by atoms with Crippen LogP contribution in [-0.2, 0) is 5.54 Å². The van der Waals surface area contributed by atoms with E-state index in [1.54, 1.807) is 0 Å². The highest BCUT2D eigenvalue weighted by Crippen LogP contribution is 2.51. The molecule has 0 aliphatic heterocycles. The van der Waals surface area contributed by atoms with Gasteiger partial charge in [-0.15, -0.1) is 0 Å². The van der Waals surface area contributed by atoms with E-state index in [-0.39, 0.29) is 12.8 Å². The molecule has 1 heterocycles. The number of pyridine rings is 1. The van der Waals surface area contributed by atoms with Crippen molar-refractivity contribution in [2.75, 3.05) is 0 Å². The van der Waals surface area contributed by atoms with Crippen molar-refractivity contribution < 1.29 is 18.3 Å². The summed E-state index contributed by atoms with van der Waals surface area (Å²) >= 11 is 3.01. The second kappa shape index (κ2) is 3.93. The molecule has 0 aromatic carbocycles. The first-order valence-corrected chi connectivity index (χ1v) is 5.71. The first-order valence-electron chi connectivity index (χ1n) is 4.92. The molecule has 0 spiro atoms. The summed E-state index contributed by atoms with van der Waals surface area (Å²) in [4.78, 5) is 3.33. The number of hydrogen-bond donors (Lipinski definition) is 2. The molecule has 3 nitrogen and oxygen atoms in total. The van der Waals surface area contributed by atoms with Crippen molar-refractivity contribution in [2.24, 2.45) is 5.73 Å². The van der Waals surface area contributed by atoms with E-state index in [1.807, 2.05) is 0 Å². The molecule has 1 aromatic rings. The van der Waals surface area contributed by atoms with Crippen LogP contribution in [-0.4, -0.2) is 22.1 Å². The number of hydrogen-bond acceptors (Lipinski definition) is 3. The maximum Gasteiger partial charge on any atom is 0.263 e. The highest BCUT2D eigenvalue weighted by atomic mass is 79.9. The molecule has 0 radical (unpaired) electrons. The number of nitrogens with two attached hydrogens (primary N) is 1. The topological polar surface area (TPSA) is 59.1 Å². The lowest BCUT2D eigenvalue weighted by Crippen LogP contribution is -2.56. The molecule has 1 saturated carbocycles. The molecular weight excluding hydrogens is 301 g/mol. The molecule has 1 aromatic heterocycles. The van der Waals surface area contributed by atoms with Crippen LogP contribution in [0.2, 0.25) is 0 Å². The number of halogens is 4. The zero-order valence-corrected chi connectivity index (χ0v) is 10.2. The molecule has 1 aliphatic carbocycles. The average Bonchev–Trinajstić information content (AvgIpc) is 3.00.